The Kier molecular flexibility index (Phi) is 1.85. The summed E-state index contributed by atoms with van der Waals surface area (Å²) in [7, 11) is 1.87. The Morgan fingerprint density at radius 1 is 1.17 bits per heavy atom. The molecule has 0 unspecified atom stereocenters. The molecular formula is C19H21N4+. The van der Waals surface area contributed by atoms with Crippen LogP contribution in [0.15, 0.2) is 24.7 Å². The second-order valence-electron chi connectivity index (χ2n) is 6.05. The molecule has 4 nitrogen and oxygen atoms in total. The van der Waals surface area contributed by atoms with Gasteiger partial charge in [-0.15, -0.1) is 0 Å². The van der Waals surface area contributed by atoms with E-state index in [1.807, 2.05) is 30.7 Å². The van der Waals surface area contributed by atoms with Crippen molar-refractivity contribution in [3.8, 4) is 16.9 Å². The monoisotopic (exact) mass is 311 g/mol. The fourth-order valence-electron chi connectivity index (χ4n) is 3.25. The third-order valence-electron chi connectivity index (χ3n) is 4.44. The third kappa shape index (κ3) is 2.01. The van der Waals surface area contributed by atoms with Gasteiger partial charge in [-0.25, -0.2) is 9.55 Å². The van der Waals surface area contributed by atoms with Gasteiger partial charge in [0.2, 0.25) is 0 Å². The molecule has 4 heteroatoms. The van der Waals surface area contributed by atoms with E-state index in [2.05, 4.69) is 9.97 Å². The molecule has 1 aromatic carbocycles. The van der Waals surface area contributed by atoms with Crippen LogP contribution >= 0.6 is 0 Å². The predicted molar refractivity (Wildman–Crippen MR) is 89.7 cm³/mol. The van der Waals surface area contributed by atoms with E-state index in [0.717, 1.165) is 22.5 Å². The Bertz CT molecular complexity index is 1140. The van der Waals surface area contributed by atoms with Crippen molar-refractivity contribution >= 4 is 0 Å². The van der Waals surface area contributed by atoms with Crippen LogP contribution in [0, 0.1) is 27.6 Å². The highest BCUT2D eigenvalue weighted by atomic mass is 15.1. The Morgan fingerprint density at radius 2 is 2.04 bits per heavy atom. The summed E-state index contributed by atoms with van der Waals surface area (Å²) in [6, 6.07) is 3.91. The summed E-state index contributed by atoms with van der Waals surface area (Å²) in [4.78, 5) is 8.54. The van der Waals surface area contributed by atoms with Gasteiger partial charge in [-0.05, 0) is 43.4 Å². The molecule has 0 saturated heterocycles. The molecule has 3 heterocycles. The van der Waals surface area contributed by atoms with Crippen molar-refractivity contribution in [2.24, 2.45) is 7.05 Å². The molecule has 0 radical (unpaired) electrons. The summed E-state index contributed by atoms with van der Waals surface area (Å²) < 4.78 is 50.9. The van der Waals surface area contributed by atoms with Gasteiger partial charge in [-0.1, -0.05) is 4.98 Å². The molecule has 4 rings (SSSR count). The normalized spacial score (nSPS) is 17.3. The van der Waals surface area contributed by atoms with E-state index >= 15 is 0 Å². The lowest BCUT2D eigenvalue weighted by Gasteiger charge is -2.15. The van der Waals surface area contributed by atoms with Crippen LogP contribution in [-0.4, -0.2) is 14.5 Å². The van der Waals surface area contributed by atoms with E-state index in [-0.39, 0.29) is 11.3 Å². The summed E-state index contributed by atoms with van der Waals surface area (Å²) in [6.07, 6.45) is 3.54. The highest BCUT2D eigenvalue weighted by Gasteiger charge is 2.25. The first-order valence-corrected chi connectivity index (χ1v) is 7.46. The molecule has 0 N–H and O–H groups in total. The van der Waals surface area contributed by atoms with E-state index < -0.39 is 13.7 Å². The molecule has 2 aromatic heterocycles. The minimum absolute atomic E-state index is 0.0208. The van der Waals surface area contributed by atoms with Gasteiger partial charge in [-0.3, -0.25) is 0 Å². The number of hydrogen-bond acceptors (Lipinski definition) is 2. The minimum atomic E-state index is -2.36. The summed E-state index contributed by atoms with van der Waals surface area (Å²) >= 11 is 0. The van der Waals surface area contributed by atoms with E-state index in [0.29, 0.717) is 23.5 Å². The second kappa shape index (κ2) is 4.75. The predicted octanol–water partition coefficient (Wildman–Crippen LogP) is 2.90. The lowest BCUT2D eigenvalue weighted by Crippen LogP contribution is -2.31. The van der Waals surface area contributed by atoms with Crippen molar-refractivity contribution < 1.29 is 12.8 Å². The lowest BCUT2D eigenvalue weighted by atomic mass is 9.94. The summed E-state index contributed by atoms with van der Waals surface area (Å²) in [5, 5.41) is 0. The van der Waals surface area contributed by atoms with E-state index in [1.165, 1.54) is 6.20 Å². The Balaban J connectivity index is 2.02. The molecule has 0 saturated carbocycles. The topological polar surface area (TPSA) is 34.6 Å². The molecule has 3 aromatic rings. The lowest BCUT2D eigenvalue weighted by molar-refractivity contribution is -0.663. The van der Waals surface area contributed by atoms with Crippen LogP contribution < -0.4 is 4.57 Å². The first kappa shape index (κ1) is 8.96. The van der Waals surface area contributed by atoms with Gasteiger partial charge < -0.3 is 4.57 Å². The van der Waals surface area contributed by atoms with E-state index in [9.17, 15) is 0 Å². The molecule has 0 spiro atoms. The number of aromatic nitrogens is 4. The number of nitrogens with zero attached hydrogens (tertiary/aromatic N) is 4. The zero-order valence-electron chi connectivity index (χ0n) is 19.3. The van der Waals surface area contributed by atoms with Crippen LogP contribution in [0.5, 0.6) is 0 Å². The maximum absolute atomic E-state index is 8.18. The summed E-state index contributed by atoms with van der Waals surface area (Å²) in [5.41, 5.74) is 4.73. The summed E-state index contributed by atoms with van der Waals surface area (Å²) in [6.45, 7) is -1.01. The minimum Gasteiger partial charge on any atom is -0.303 e. The molecule has 1 aliphatic heterocycles. The Hall–Kier alpha value is -2.49. The van der Waals surface area contributed by atoms with Gasteiger partial charge in [0.05, 0.1) is 18.4 Å². The van der Waals surface area contributed by atoms with Crippen molar-refractivity contribution in [1.29, 1.82) is 0 Å². The molecule has 0 amide bonds. The summed E-state index contributed by atoms with van der Waals surface area (Å²) in [5.74, 6) is 0.545. The molecular weight excluding hydrogens is 284 g/mol. The molecule has 0 bridgehead atoms. The number of rotatable bonds is 1. The first-order chi connectivity index (χ1) is 13.4. The van der Waals surface area contributed by atoms with Crippen LogP contribution in [0.4, 0.5) is 0 Å². The Morgan fingerprint density at radius 3 is 2.83 bits per heavy atom. The van der Waals surface area contributed by atoms with Gasteiger partial charge in [0.15, 0.2) is 5.69 Å². The molecule has 0 aliphatic carbocycles. The number of imidazole rings is 1. The third-order valence-corrected chi connectivity index (χ3v) is 4.44. The van der Waals surface area contributed by atoms with Gasteiger partial charge in [0.1, 0.15) is 11.5 Å². The molecule has 1 aliphatic rings. The first-order valence-electron chi connectivity index (χ1n) is 10.5. The molecule has 0 atom stereocenters. The van der Waals surface area contributed by atoms with E-state index in [1.54, 1.807) is 17.8 Å². The van der Waals surface area contributed by atoms with Crippen molar-refractivity contribution in [2.75, 3.05) is 0 Å². The van der Waals surface area contributed by atoms with Crippen LogP contribution in [0.2, 0.25) is 0 Å². The maximum atomic E-state index is 8.18. The highest BCUT2D eigenvalue weighted by molar-refractivity contribution is 5.71. The molecule has 116 valence electrons. The standard InChI is InChI=1S/C19H21N4/c1-11-6-17(22(5)10-20-11)16-7-15-8-18-21-12(2)9-23(18)19(15)14(4)13(16)3/h6-7,9-10H,8H2,1-5H3/q+1/i2D3,4D3. The average Bonchev–Trinajstić information content (AvgIpc) is 3.13. The van der Waals surface area contributed by atoms with Gasteiger partial charge >= 0.3 is 0 Å². The van der Waals surface area contributed by atoms with Crippen LogP contribution in [0.1, 0.15) is 42.1 Å². The Labute approximate surface area is 144 Å². The quantitative estimate of drug-likeness (QED) is 0.507. The number of benzene rings is 1. The highest BCUT2D eigenvalue weighted by Crippen LogP contribution is 2.36. The van der Waals surface area contributed by atoms with E-state index in [4.69, 9.17) is 8.22 Å². The van der Waals surface area contributed by atoms with Crippen LogP contribution in [0.25, 0.3) is 16.9 Å². The fourth-order valence-corrected chi connectivity index (χ4v) is 3.25. The van der Waals surface area contributed by atoms with Crippen LogP contribution in [0.3, 0.4) is 0 Å². The second-order valence-corrected chi connectivity index (χ2v) is 6.05. The number of hydrogen-bond donors (Lipinski definition) is 0. The average molecular weight is 311 g/mol. The van der Waals surface area contributed by atoms with Crippen molar-refractivity contribution in [3.05, 3.63) is 58.6 Å². The fraction of sp³-hybridized carbons (Fsp3) is 0.316. The van der Waals surface area contributed by atoms with Crippen molar-refractivity contribution in [1.82, 2.24) is 14.5 Å². The van der Waals surface area contributed by atoms with Gasteiger partial charge in [0, 0.05) is 39.4 Å². The van der Waals surface area contributed by atoms with Crippen LogP contribution in [-0.2, 0) is 13.5 Å². The van der Waals surface area contributed by atoms with Crippen molar-refractivity contribution in [2.45, 2.75) is 34.0 Å². The smallest absolute Gasteiger partial charge is 0.286 e. The largest absolute Gasteiger partial charge is 0.303 e. The van der Waals surface area contributed by atoms with Crippen molar-refractivity contribution in [3.63, 3.8) is 0 Å². The molecule has 0 fully saturated rings. The van der Waals surface area contributed by atoms with Gasteiger partial charge in [-0.2, -0.15) is 0 Å². The number of aryl methyl sites for hydroxylation is 3. The number of fused-ring (bicyclic) bond motifs is 3. The van der Waals surface area contributed by atoms with Gasteiger partial charge in [0.25, 0.3) is 6.33 Å². The molecule has 23 heavy (non-hydrogen) atoms. The zero-order valence-corrected chi connectivity index (χ0v) is 13.3. The zero-order chi connectivity index (χ0) is 21.3. The maximum Gasteiger partial charge on any atom is 0.286 e. The SMILES string of the molecule is [2H]C([2H])([2H])c1cn2c(n1)Cc1cc(-c3cc(C)nc[n+]3C)c(C)c(C([2H])([2H])[2H])c1-2.